The van der Waals surface area contributed by atoms with Crippen molar-refractivity contribution in [2.45, 2.75) is 19.6 Å². The van der Waals surface area contributed by atoms with Gasteiger partial charge in [0.1, 0.15) is 6.10 Å². The fraction of sp³-hybridized carbons (Fsp3) is 0.176. The maximum Gasteiger partial charge on any atom is 0.101 e. The quantitative estimate of drug-likeness (QED) is 0.700. The van der Waals surface area contributed by atoms with Crippen molar-refractivity contribution in [2.75, 3.05) is 0 Å². The minimum absolute atomic E-state index is 0.0508. The fourth-order valence-corrected chi connectivity index (χ4v) is 1.91. The van der Waals surface area contributed by atoms with E-state index >= 15 is 0 Å². The molecule has 18 heavy (non-hydrogen) atoms. The largest absolute Gasteiger partial charge is 0.365 e. The van der Waals surface area contributed by atoms with Crippen LogP contribution in [0.15, 0.2) is 67.3 Å². The summed E-state index contributed by atoms with van der Waals surface area (Å²) < 4.78 is 5.90. The summed E-state index contributed by atoms with van der Waals surface area (Å²) in [6.07, 6.45) is 1.79. The first-order valence-electron chi connectivity index (χ1n) is 6.14. The summed E-state index contributed by atoms with van der Waals surface area (Å²) in [5.74, 6) is 0. The van der Waals surface area contributed by atoms with Gasteiger partial charge < -0.3 is 4.74 Å². The molecule has 0 aliphatic heterocycles. The second-order valence-corrected chi connectivity index (χ2v) is 4.37. The van der Waals surface area contributed by atoms with Gasteiger partial charge in [0.25, 0.3) is 0 Å². The summed E-state index contributed by atoms with van der Waals surface area (Å²) >= 11 is 0. The average molecular weight is 238 g/mol. The van der Waals surface area contributed by atoms with Crippen LogP contribution >= 0.6 is 0 Å². The molecule has 92 valence electrons. The van der Waals surface area contributed by atoms with Crippen LogP contribution in [0.2, 0.25) is 0 Å². The van der Waals surface area contributed by atoms with Crippen LogP contribution in [0.4, 0.5) is 0 Å². The molecule has 0 radical (unpaired) electrons. The summed E-state index contributed by atoms with van der Waals surface area (Å²) in [5.41, 5.74) is 3.57. The Kier molecular flexibility index (Phi) is 4.32. The topological polar surface area (TPSA) is 9.23 Å². The van der Waals surface area contributed by atoms with Gasteiger partial charge in [-0.25, -0.2) is 0 Å². The molecular weight excluding hydrogens is 220 g/mol. The van der Waals surface area contributed by atoms with Gasteiger partial charge in [-0.15, -0.1) is 6.58 Å². The molecule has 2 aromatic carbocycles. The van der Waals surface area contributed by atoms with E-state index in [4.69, 9.17) is 4.74 Å². The fourth-order valence-electron chi connectivity index (χ4n) is 1.91. The lowest BCUT2D eigenvalue weighted by molar-refractivity contribution is 0.0720. The summed E-state index contributed by atoms with van der Waals surface area (Å²) in [6.45, 7) is 6.54. The Hall–Kier alpha value is -1.86. The lowest BCUT2D eigenvalue weighted by Crippen LogP contribution is -2.01. The molecule has 0 spiro atoms. The predicted molar refractivity (Wildman–Crippen MR) is 75.3 cm³/mol. The SMILES string of the molecule is C=C[C@H](OCc1ccccc1)c1cccc(C)c1. The van der Waals surface area contributed by atoms with E-state index in [0.29, 0.717) is 6.61 Å². The number of benzene rings is 2. The number of hydrogen-bond donors (Lipinski definition) is 0. The van der Waals surface area contributed by atoms with Crippen LogP contribution in [-0.4, -0.2) is 0 Å². The van der Waals surface area contributed by atoms with Gasteiger partial charge in [0, 0.05) is 0 Å². The summed E-state index contributed by atoms with van der Waals surface area (Å²) in [6, 6.07) is 18.5. The van der Waals surface area contributed by atoms with Crippen molar-refractivity contribution in [1.82, 2.24) is 0 Å². The van der Waals surface area contributed by atoms with Crippen molar-refractivity contribution >= 4 is 0 Å². The van der Waals surface area contributed by atoms with Crippen molar-refractivity contribution in [1.29, 1.82) is 0 Å². The highest BCUT2D eigenvalue weighted by molar-refractivity contribution is 5.26. The second kappa shape index (κ2) is 6.18. The zero-order chi connectivity index (χ0) is 12.8. The predicted octanol–water partition coefficient (Wildman–Crippen LogP) is 4.44. The Bertz CT molecular complexity index is 502. The number of hydrogen-bond acceptors (Lipinski definition) is 1. The van der Waals surface area contributed by atoms with E-state index in [1.54, 1.807) is 0 Å². The molecule has 0 unspecified atom stereocenters. The number of rotatable bonds is 5. The molecule has 2 rings (SSSR count). The Labute approximate surface area is 109 Å². The van der Waals surface area contributed by atoms with Gasteiger partial charge in [-0.1, -0.05) is 66.2 Å². The maximum atomic E-state index is 5.90. The van der Waals surface area contributed by atoms with E-state index < -0.39 is 0 Å². The number of aryl methyl sites for hydroxylation is 1. The van der Waals surface area contributed by atoms with Crippen LogP contribution in [0.5, 0.6) is 0 Å². The molecule has 0 amide bonds. The van der Waals surface area contributed by atoms with Crippen molar-refractivity contribution in [3.8, 4) is 0 Å². The van der Waals surface area contributed by atoms with Crippen molar-refractivity contribution in [2.24, 2.45) is 0 Å². The molecule has 0 N–H and O–H groups in total. The highest BCUT2D eigenvalue weighted by Crippen LogP contribution is 2.21. The monoisotopic (exact) mass is 238 g/mol. The highest BCUT2D eigenvalue weighted by Gasteiger charge is 2.07. The zero-order valence-corrected chi connectivity index (χ0v) is 10.7. The molecule has 0 aliphatic rings. The standard InChI is InChI=1S/C17H18O/c1-3-17(16-11-7-8-14(2)12-16)18-13-15-9-5-4-6-10-15/h3-12,17H,1,13H2,2H3/t17-/m0/s1. The molecule has 2 aromatic rings. The van der Waals surface area contributed by atoms with Gasteiger partial charge in [-0.3, -0.25) is 0 Å². The van der Waals surface area contributed by atoms with Crippen LogP contribution in [0.3, 0.4) is 0 Å². The van der Waals surface area contributed by atoms with Crippen LogP contribution in [0.1, 0.15) is 22.8 Å². The first-order chi connectivity index (χ1) is 8.79. The minimum atomic E-state index is -0.0508. The Morgan fingerprint density at radius 2 is 1.89 bits per heavy atom. The lowest BCUT2D eigenvalue weighted by Gasteiger charge is -2.15. The summed E-state index contributed by atoms with van der Waals surface area (Å²) in [5, 5.41) is 0. The molecular formula is C17H18O. The second-order valence-electron chi connectivity index (χ2n) is 4.37. The van der Waals surface area contributed by atoms with E-state index in [1.807, 2.05) is 30.3 Å². The van der Waals surface area contributed by atoms with Crippen LogP contribution in [-0.2, 0) is 11.3 Å². The molecule has 1 atom stereocenters. The minimum Gasteiger partial charge on any atom is -0.365 e. The highest BCUT2D eigenvalue weighted by atomic mass is 16.5. The summed E-state index contributed by atoms with van der Waals surface area (Å²) in [4.78, 5) is 0. The molecule has 0 saturated heterocycles. The lowest BCUT2D eigenvalue weighted by atomic mass is 10.1. The molecule has 0 aromatic heterocycles. The first kappa shape index (κ1) is 12.6. The van der Waals surface area contributed by atoms with E-state index in [-0.39, 0.29) is 6.10 Å². The van der Waals surface area contributed by atoms with Crippen molar-refractivity contribution in [3.05, 3.63) is 83.9 Å². The molecule has 0 saturated carbocycles. The summed E-state index contributed by atoms with van der Waals surface area (Å²) in [7, 11) is 0. The Morgan fingerprint density at radius 1 is 1.11 bits per heavy atom. The van der Waals surface area contributed by atoms with Crippen LogP contribution in [0.25, 0.3) is 0 Å². The molecule has 1 nitrogen and oxygen atoms in total. The van der Waals surface area contributed by atoms with E-state index in [1.165, 1.54) is 11.1 Å². The van der Waals surface area contributed by atoms with Gasteiger partial charge in [-0.05, 0) is 18.1 Å². The normalized spacial score (nSPS) is 12.1. The first-order valence-corrected chi connectivity index (χ1v) is 6.14. The number of ether oxygens (including phenoxy) is 1. The van der Waals surface area contributed by atoms with E-state index in [0.717, 1.165) is 5.56 Å². The third-order valence-corrected chi connectivity index (χ3v) is 2.86. The van der Waals surface area contributed by atoms with Gasteiger partial charge in [0.15, 0.2) is 0 Å². The molecule has 0 fully saturated rings. The van der Waals surface area contributed by atoms with E-state index in [9.17, 15) is 0 Å². The molecule has 0 heterocycles. The Morgan fingerprint density at radius 3 is 2.56 bits per heavy atom. The third-order valence-electron chi connectivity index (χ3n) is 2.86. The Balaban J connectivity index is 2.04. The molecule has 0 bridgehead atoms. The van der Waals surface area contributed by atoms with Gasteiger partial charge in [0.2, 0.25) is 0 Å². The molecule has 0 aliphatic carbocycles. The van der Waals surface area contributed by atoms with Crippen LogP contribution in [0, 0.1) is 6.92 Å². The van der Waals surface area contributed by atoms with Crippen molar-refractivity contribution < 1.29 is 4.74 Å². The van der Waals surface area contributed by atoms with Gasteiger partial charge in [-0.2, -0.15) is 0 Å². The zero-order valence-electron chi connectivity index (χ0n) is 10.7. The average Bonchev–Trinajstić information content (AvgIpc) is 2.41. The van der Waals surface area contributed by atoms with Gasteiger partial charge >= 0.3 is 0 Å². The third kappa shape index (κ3) is 3.31. The molecule has 1 heteroatoms. The van der Waals surface area contributed by atoms with E-state index in [2.05, 4.69) is 43.8 Å². The smallest absolute Gasteiger partial charge is 0.101 e. The van der Waals surface area contributed by atoms with Crippen LogP contribution < -0.4 is 0 Å². The van der Waals surface area contributed by atoms with Crippen molar-refractivity contribution in [3.63, 3.8) is 0 Å². The van der Waals surface area contributed by atoms with Gasteiger partial charge in [0.05, 0.1) is 6.61 Å². The maximum absolute atomic E-state index is 5.90.